The van der Waals surface area contributed by atoms with E-state index in [0.29, 0.717) is 43.6 Å². The van der Waals surface area contributed by atoms with Crippen molar-refractivity contribution in [2.24, 2.45) is 0 Å². The maximum atomic E-state index is 14.4. The highest BCUT2D eigenvalue weighted by molar-refractivity contribution is 6.30. The molecule has 1 saturated heterocycles. The van der Waals surface area contributed by atoms with Gasteiger partial charge >= 0.3 is 6.18 Å². The van der Waals surface area contributed by atoms with Gasteiger partial charge in [-0.1, -0.05) is 47.5 Å². The number of carbonyl (C=O) groups is 1. The fraction of sp³-hybridized carbons (Fsp3) is 0.269. The van der Waals surface area contributed by atoms with E-state index in [9.17, 15) is 22.4 Å². The van der Waals surface area contributed by atoms with Crippen LogP contribution in [-0.2, 0) is 6.18 Å². The fourth-order valence-corrected chi connectivity index (χ4v) is 4.45. The number of carbonyl (C=O) groups excluding carboxylic acids is 1. The highest BCUT2D eigenvalue weighted by atomic mass is 35.5. The Bertz CT molecular complexity index is 1290. The van der Waals surface area contributed by atoms with E-state index in [4.69, 9.17) is 23.2 Å². The Hall–Kier alpha value is -3.01. The molecule has 37 heavy (non-hydrogen) atoms. The summed E-state index contributed by atoms with van der Waals surface area (Å²) in [7, 11) is 0. The van der Waals surface area contributed by atoms with Crippen molar-refractivity contribution < 1.29 is 22.4 Å². The number of anilines is 1. The van der Waals surface area contributed by atoms with Crippen LogP contribution in [0, 0.1) is 5.95 Å². The van der Waals surface area contributed by atoms with Gasteiger partial charge in [0, 0.05) is 29.2 Å². The summed E-state index contributed by atoms with van der Waals surface area (Å²) in [5, 5.41) is 3.18. The molecular weight excluding hydrogens is 531 g/mol. The number of hydrogen-bond donors (Lipinski definition) is 1. The lowest BCUT2D eigenvalue weighted by atomic mass is 9.91. The minimum Gasteiger partial charge on any atom is -0.320 e. The SMILES string of the molecule is O=C(Nc1cc(C(F)(F)F)c(F)nc1C1CCN(C/C=C/c2ccc(Cl)cc2)CC1)c1ccnc(Cl)c1. The van der Waals surface area contributed by atoms with Gasteiger partial charge in [-0.15, -0.1) is 0 Å². The zero-order valence-electron chi connectivity index (χ0n) is 19.4. The van der Waals surface area contributed by atoms with Gasteiger partial charge in [0.2, 0.25) is 5.95 Å². The molecule has 2 aromatic heterocycles. The smallest absolute Gasteiger partial charge is 0.320 e. The van der Waals surface area contributed by atoms with E-state index in [0.717, 1.165) is 5.56 Å². The quantitative estimate of drug-likeness (QED) is 0.262. The number of amides is 1. The first-order chi connectivity index (χ1) is 17.6. The Kier molecular flexibility index (Phi) is 8.46. The predicted molar refractivity (Wildman–Crippen MR) is 135 cm³/mol. The first kappa shape index (κ1) is 27.0. The molecule has 0 radical (unpaired) electrons. The number of pyridine rings is 2. The van der Waals surface area contributed by atoms with E-state index in [2.05, 4.69) is 20.2 Å². The third-order valence-corrected chi connectivity index (χ3v) is 6.52. The largest absolute Gasteiger partial charge is 0.420 e. The summed E-state index contributed by atoms with van der Waals surface area (Å²) in [6.07, 6.45) is 1.42. The lowest BCUT2D eigenvalue weighted by Gasteiger charge is -2.32. The van der Waals surface area contributed by atoms with Gasteiger partial charge in [0.15, 0.2) is 0 Å². The Balaban J connectivity index is 1.49. The summed E-state index contributed by atoms with van der Waals surface area (Å²) in [5.41, 5.74) is -0.502. The standard InChI is InChI=1S/C26H22Cl2F4N4O/c27-19-5-3-16(4-6-19)2-1-11-36-12-8-17(9-13-36)23-21(15-20(24(29)35-23)26(30,31)32)34-25(37)18-7-10-33-22(28)14-18/h1-7,10,14-15,17H,8-9,11-13H2,(H,34,37)/b2-1+. The molecule has 1 N–H and O–H groups in total. The van der Waals surface area contributed by atoms with E-state index in [1.807, 2.05) is 36.4 Å². The molecule has 1 amide bonds. The molecule has 0 bridgehead atoms. The lowest BCUT2D eigenvalue weighted by Crippen LogP contribution is -2.33. The van der Waals surface area contributed by atoms with Gasteiger partial charge in [0.1, 0.15) is 10.7 Å². The summed E-state index contributed by atoms with van der Waals surface area (Å²) in [5.74, 6) is -2.64. The Morgan fingerprint density at radius 1 is 1.11 bits per heavy atom. The van der Waals surface area contributed by atoms with Crippen LogP contribution in [0.15, 0.2) is 54.7 Å². The topological polar surface area (TPSA) is 58.1 Å². The van der Waals surface area contributed by atoms with Gasteiger partial charge in [-0.25, -0.2) is 9.97 Å². The number of aromatic nitrogens is 2. The zero-order valence-corrected chi connectivity index (χ0v) is 20.9. The number of nitrogens with zero attached hydrogens (tertiary/aromatic N) is 3. The van der Waals surface area contributed by atoms with Crippen molar-refractivity contribution in [3.05, 3.63) is 93.2 Å². The molecule has 194 valence electrons. The van der Waals surface area contributed by atoms with E-state index in [-0.39, 0.29) is 28.0 Å². The molecule has 0 atom stereocenters. The summed E-state index contributed by atoms with van der Waals surface area (Å²) >= 11 is 11.7. The van der Waals surface area contributed by atoms with E-state index in [1.165, 1.54) is 18.3 Å². The molecule has 0 saturated carbocycles. The molecule has 3 aromatic rings. The maximum absolute atomic E-state index is 14.4. The summed E-state index contributed by atoms with van der Waals surface area (Å²) < 4.78 is 54.6. The molecular formula is C26H22Cl2F4N4O. The minimum atomic E-state index is -4.96. The minimum absolute atomic E-state index is 0.0542. The Morgan fingerprint density at radius 3 is 2.46 bits per heavy atom. The third kappa shape index (κ3) is 7.06. The van der Waals surface area contributed by atoms with Crippen molar-refractivity contribution in [2.75, 3.05) is 25.0 Å². The Morgan fingerprint density at radius 2 is 1.81 bits per heavy atom. The molecule has 1 aromatic carbocycles. The predicted octanol–water partition coefficient (Wildman–Crippen LogP) is 7.09. The van der Waals surface area contributed by atoms with Crippen LogP contribution in [0.2, 0.25) is 10.2 Å². The van der Waals surface area contributed by atoms with Crippen LogP contribution in [0.4, 0.5) is 23.2 Å². The van der Waals surface area contributed by atoms with Crippen LogP contribution in [0.25, 0.3) is 6.08 Å². The number of piperidine rings is 1. The van der Waals surface area contributed by atoms with Crippen molar-refractivity contribution in [3.63, 3.8) is 0 Å². The van der Waals surface area contributed by atoms with E-state index >= 15 is 0 Å². The summed E-state index contributed by atoms with van der Waals surface area (Å²) in [4.78, 5) is 22.4. The molecule has 11 heteroatoms. The number of halogens is 6. The van der Waals surface area contributed by atoms with Crippen molar-refractivity contribution in [3.8, 4) is 0 Å². The number of alkyl halides is 3. The van der Waals surface area contributed by atoms with Crippen LogP contribution in [0.1, 0.15) is 45.9 Å². The molecule has 4 rings (SSSR count). The monoisotopic (exact) mass is 552 g/mol. The highest BCUT2D eigenvalue weighted by Crippen LogP contribution is 2.38. The summed E-state index contributed by atoms with van der Waals surface area (Å²) in [6.45, 7) is 1.94. The number of likely N-dealkylation sites (tertiary alicyclic amines) is 1. The van der Waals surface area contributed by atoms with Crippen LogP contribution < -0.4 is 5.32 Å². The highest BCUT2D eigenvalue weighted by Gasteiger charge is 2.37. The van der Waals surface area contributed by atoms with Gasteiger partial charge in [-0.05, 0) is 61.8 Å². The van der Waals surface area contributed by atoms with Crippen LogP contribution in [-0.4, -0.2) is 40.4 Å². The summed E-state index contributed by atoms with van der Waals surface area (Å²) in [6, 6.07) is 10.7. The van der Waals surface area contributed by atoms with Crippen LogP contribution in [0.3, 0.4) is 0 Å². The molecule has 1 aliphatic rings. The average molecular weight is 553 g/mol. The van der Waals surface area contributed by atoms with Gasteiger partial charge < -0.3 is 5.32 Å². The van der Waals surface area contributed by atoms with Crippen LogP contribution in [0.5, 0.6) is 0 Å². The fourth-order valence-electron chi connectivity index (χ4n) is 4.15. The van der Waals surface area contributed by atoms with Gasteiger partial charge in [0.05, 0.1) is 11.4 Å². The molecule has 0 aliphatic carbocycles. The van der Waals surface area contributed by atoms with Crippen molar-refractivity contribution >= 4 is 40.9 Å². The number of rotatable bonds is 6. The van der Waals surface area contributed by atoms with Crippen molar-refractivity contribution in [1.82, 2.24) is 14.9 Å². The Labute approximate surface area is 221 Å². The number of nitrogens with one attached hydrogen (secondary N) is 1. The maximum Gasteiger partial charge on any atom is 0.420 e. The van der Waals surface area contributed by atoms with E-state index < -0.39 is 23.6 Å². The normalized spacial score (nSPS) is 15.3. The van der Waals surface area contributed by atoms with Gasteiger partial charge in [-0.3, -0.25) is 9.69 Å². The molecule has 0 spiro atoms. The van der Waals surface area contributed by atoms with Gasteiger partial charge in [-0.2, -0.15) is 17.6 Å². The van der Waals surface area contributed by atoms with Gasteiger partial charge in [0.25, 0.3) is 5.91 Å². The molecule has 1 aliphatic heterocycles. The van der Waals surface area contributed by atoms with Crippen molar-refractivity contribution in [1.29, 1.82) is 0 Å². The lowest BCUT2D eigenvalue weighted by molar-refractivity contribution is -0.140. The molecule has 1 fully saturated rings. The second-order valence-electron chi connectivity index (χ2n) is 8.61. The van der Waals surface area contributed by atoms with Crippen molar-refractivity contribution in [2.45, 2.75) is 24.9 Å². The first-order valence-electron chi connectivity index (χ1n) is 11.4. The number of benzene rings is 1. The third-order valence-electron chi connectivity index (χ3n) is 6.07. The zero-order chi connectivity index (χ0) is 26.6. The van der Waals surface area contributed by atoms with Crippen LogP contribution >= 0.6 is 23.2 Å². The average Bonchev–Trinajstić information content (AvgIpc) is 2.86. The molecule has 5 nitrogen and oxygen atoms in total. The molecule has 3 heterocycles. The molecule has 0 unspecified atom stereocenters. The number of hydrogen-bond acceptors (Lipinski definition) is 4. The second kappa shape index (κ2) is 11.6. The second-order valence-corrected chi connectivity index (χ2v) is 9.43. The van der Waals surface area contributed by atoms with E-state index in [1.54, 1.807) is 0 Å². The first-order valence-corrected chi connectivity index (χ1v) is 12.2.